The van der Waals surface area contributed by atoms with Crippen LogP contribution < -0.4 is 22.1 Å². The van der Waals surface area contributed by atoms with E-state index in [0.29, 0.717) is 5.69 Å². The molecule has 28 heavy (non-hydrogen) atoms. The lowest BCUT2D eigenvalue weighted by Gasteiger charge is -2.17. The molecule has 1 aromatic heterocycles. The zero-order chi connectivity index (χ0) is 20.7. The SMILES string of the molecule is Cc1ccsc1C(CC(=O)O)NC(=O)CNC(=O)c1cccc(N=C(N)N)c1. The average Bonchev–Trinajstić information content (AvgIpc) is 3.04. The van der Waals surface area contributed by atoms with Crippen LogP contribution in [0.15, 0.2) is 40.7 Å². The van der Waals surface area contributed by atoms with Gasteiger partial charge in [-0.15, -0.1) is 11.3 Å². The Balaban J connectivity index is 1.98. The van der Waals surface area contributed by atoms with E-state index >= 15 is 0 Å². The Bertz CT molecular complexity index is 905. The van der Waals surface area contributed by atoms with Crippen molar-refractivity contribution in [2.45, 2.75) is 19.4 Å². The fraction of sp³-hybridized carbons (Fsp3) is 0.222. The molecule has 1 heterocycles. The number of benzene rings is 1. The fourth-order valence-corrected chi connectivity index (χ4v) is 3.48. The first-order valence-corrected chi connectivity index (χ1v) is 9.17. The highest BCUT2D eigenvalue weighted by Crippen LogP contribution is 2.26. The molecule has 10 heteroatoms. The number of carboxylic acids is 1. The largest absolute Gasteiger partial charge is 0.481 e. The van der Waals surface area contributed by atoms with Gasteiger partial charge in [-0.25, -0.2) is 4.99 Å². The minimum absolute atomic E-state index is 0.134. The second-order valence-electron chi connectivity index (χ2n) is 5.96. The number of rotatable bonds is 8. The standard InChI is InChI=1S/C18H21N5O4S/c1-10-5-6-28-16(10)13(8-15(25)26)23-14(24)9-21-17(27)11-3-2-4-12(7-11)22-18(19)20/h2-7,13H,8-9H2,1H3,(H,21,27)(H,23,24)(H,25,26)(H4,19,20,22). The summed E-state index contributed by atoms with van der Waals surface area (Å²) in [6.07, 6.45) is -0.248. The highest BCUT2D eigenvalue weighted by molar-refractivity contribution is 7.10. The van der Waals surface area contributed by atoms with Gasteiger partial charge in [0, 0.05) is 10.4 Å². The summed E-state index contributed by atoms with van der Waals surface area (Å²) in [7, 11) is 0. The Morgan fingerprint density at radius 1 is 1.25 bits per heavy atom. The molecule has 148 valence electrons. The first-order valence-electron chi connectivity index (χ1n) is 8.29. The van der Waals surface area contributed by atoms with Gasteiger partial charge in [0.05, 0.1) is 24.7 Å². The smallest absolute Gasteiger partial charge is 0.305 e. The lowest BCUT2D eigenvalue weighted by Crippen LogP contribution is -2.39. The maximum absolute atomic E-state index is 12.2. The Morgan fingerprint density at radius 2 is 2.00 bits per heavy atom. The quantitative estimate of drug-likeness (QED) is 0.327. The summed E-state index contributed by atoms with van der Waals surface area (Å²) >= 11 is 1.37. The first kappa shape index (κ1) is 20.9. The van der Waals surface area contributed by atoms with Crippen molar-refractivity contribution >= 4 is 40.8 Å². The molecule has 0 saturated carbocycles. The Kier molecular flexibility index (Phi) is 7.10. The van der Waals surface area contributed by atoms with E-state index in [4.69, 9.17) is 16.6 Å². The van der Waals surface area contributed by atoms with Crippen LogP contribution in [0.25, 0.3) is 0 Å². The summed E-state index contributed by atoms with van der Waals surface area (Å²) in [6.45, 7) is 1.55. The second-order valence-corrected chi connectivity index (χ2v) is 6.90. The third-order valence-corrected chi connectivity index (χ3v) is 4.84. The van der Waals surface area contributed by atoms with Gasteiger partial charge < -0.3 is 27.2 Å². The molecule has 0 saturated heterocycles. The average molecular weight is 403 g/mol. The van der Waals surface area contributed by atoms with E-state index in [-0.39, 0.29) is 24.5 Å². The van der Waals surface area contributed by atoms with Gasteiger partial charge in [0.15, 0.2) is 5.96 Å². The number of aliphatic carboxylic acids is 1. The molecule has 2 aromatic rings. The van der Waals surface area contributed by atoms with Crippen molar-refractivity contribution in [2.24, 2.45) is 16.5 Å². The second kappa shape index (κ2) is 9.51. The van der Waals surface area contributed by atoms with Crippen molar-refractivity contribution in [3.63, 3.8) is 0 Å². The van der Waals surface area contributed by atoms with Crippen molar-refractivity contribution in [3.8, 4) is 0 Å². The van der Waals surface area contributed by atoms with Gasteiger partial charge in [-0.2, -0.15) is 0 Å². The number of aliphatic imine (C=N–C) groups is 1. The number of nitrogens with one attached hydrogen (secondary N) is 2. The van der Waals surface area contributed by atoms with E-state index in [1.165, 1.54) is 17.4 Å². The van der Waals surface area contributed by atoms with E-state index in [1.54, 1.807) is 18.2 Å². The predicted octanol–water partition coefficient (Wildman–Crippen LogP) is 1.02. The normalized spacial score (nSPS) is 11.3. The number of nitrogens with two attached hydrogens (primary N) is 2. The van der Waals surface area contributed by atoms with Gasteiger partial charge in [-0.05, 0) is 42.1 Å². The van der Waals surface area contributed by atoms with Crippen molar-refractivity contribution in [1.29, 1.82) is 0 Å². The highest BCUT2D eigenvalue weighted by Gasteiger charge is 2.21. The fourth-order valence-electron chi connectivity index (χ4n) is 2.50. The molecular formula is C18H21N5O4S. The number of aryl methyl sites for hydroxylation is 1. The number of amides is 2. The van der Waals surface area contributed by atoms with E-state index in [2.05, 4.69) is 15.6 Å². The molecule has 0 radical (unpaired) electrons. The van der Waals surface area contributed by atoms with E-state index in [1.807, 2.05) is 18.4 Å². The molecule has 0 fully saturated rings. The molecule has 1 aromatic carbocycles. The van der Waals surface area contributed by atoms with Crippen LogP contribution in [-0.2, 0) is 9.59 Å². The number of nitrogens with zero attached hydrogens (tertiary/aromatic N) is 1. The monoisotopic (exact) mass is 403 g/mol. The molecule has 0 aliphatic heterocycles. The molecule has 0 bridgehead atoms. The number of hydrogen-bond acceptors (Lipinski definition) is 5. The third-order valence-electron chi connectivity index (χ3n) is 3.71. The number of carboxylic acid groups (broad SMARTS) is 1. The Labute approximate surface area is 165 Å². The lowest BCUT2D eigenvalue weighted by molar-refractivity contribution is -0.137. The predicted molar refractivity (Wildman–Crippen MR) is 106 cm³/mol. The van der Waals surface area contributed by atoms with Crippen molar-refractivity contribution in [1.82, 2.24) is 10.6 Å². The maximum atomic E-state index is 12.2. The summed E-state index contributed by atoms with van der Waals surface area (Å²) < 4.78 is 0. The molecule has 7 N–H and O–H groups in total. The minimum atomic E-state index is -1.03. The van der Waals surface area contributed by atoms with E-state index in [0.717, 1.165) is 10.4 Å². The van der Waals surface area contributed by atoms with Gasteiger partial charge in [0.1, 0.15) is 0 Å². The van der Waals surface area contributed by atoms with Gasteiger partial charge >= 0.3 is 5.97 Å². The summed E-state index contributed by atoms with van der Waals surface area (Å²) in [5, 5.41) is 16.1. The molecular weight excluding hydrogens is 382 g/mol. The zero-order valence-corrected chi connectivity index (χ0v) is 16.0. The highest BCUT2D eigenvalue weighted by atomic mass is 32.1. The van der Waals surface area contributed by atoms with Crippen LogP contribution in [0, 0.1) is 6.92 Å². The van der Waals surface area contributed by atoms with Gasteiger partial charge in [-0.1, -0.05) is 6.07 Å². The van der Waals surface area contributed by atoms with Crippen molar-refractivity contribution < 1.29 is 19.5 Å². The van der Waals surface area contributed by atoms with Gasteiger partial charge in [0.2, 0.25) is 5.91 Å². The van der Waals surface area contributed by atoms with Crippen molar-refractivity contribution in [3.05, 3.63) is 51.7 Å². The van der Waals surface area contributed by atoms with Crippen LogP contribution in [0.2, 0.25) is 0 Å². The topological polar surface area (TPSA) is 160 Å². The first-order chi connectivity index (χ1) is 13.3. The zero-order valence-electron chi connectivity index (χ0n) is 15.1. The van der Waals surface area contributed by atoms with Crippen LogP contribution in [0.3, 0.4) is 0 Å². The molecule has 0 spiro atoms. The number of carbonyl (C=O) groups is 3. The molecule has 2 amide bonds. The lowest BCUT2D eigenvalue weighted by atomic mass is 10.1. The van der Waals surface area contributed by atoms with Crippen LogP contribution in [0.1, 0.15) is 33.3 Å². The molecule has 2 rings (SSSR count). The molecule has 9 nitrogen and oxygen atoms in total. The summed E-state index contributed by atoms with van der Waals surface area (Å²) in [6, 6.07) is 7.47. The van der Waals surface area contributed by atoms with Crippen LogP contribution >= 0.6 is 11.3 Å². The minimum Gasteiger partial charge on any atom is -0.481 e. The van der Waals surface area contributed by atoms with Gasteiger partial charge in [-0.3, -0.25) is 14.4 Å². The summed E-state index contributed by atoms with van der Waals surface area (Å²) in [5.74, 6) is -2.14. The molecule has 0 aliphatic rings. The molecule has 1 atom stereocenters. The third kappa shape index (κ3) is 6.09. The van der Waals surface area contributed by atoms with Gasteiger partial charge in [0.25, 0.3) is 5.91 Å². The number of thiophene rings is 1. The molecule has 0 aliphatic carbocycles. The Hall–Kier alpha value is -3.40. The summed E-state index contributed by atoms with van der Waals surface area (Å²) in [4.78, 5) is 40.2. The Morgan fingerprint density at radius 3 is 2.61 bits per heavy atom. The van der Waals surface area contributed by atoms with Crippen LogP contribution in [0.5, 0.6) is 0 Å². The molecule has 1 unspecified atom stereocenters. The van der Waals surface area contributed by atoms with E-state index in [9.17, 15) is 14.4 Å². The maximum Gasteiger partial charge on any atom is 0.305 e. The number of guanidine groups is 1. The van der Waals surface area contributed by atoms with E-state index < -0.39 is 23.8 Å². The number of carbonyl (C=O) groups excluding carboxylic acids is 2. The number of hydrogen-bond donors (Lipinski definition) is 5. The summed E-state index contributed by atoms with van der Waals surface area (Å²) in [5.41, 5.74) is 12.2. The van der Waals surface area contributed by atoms with Crippen molar-refractivity contribution in [2.75, 3.05) is 6.54 Å². The van der Waals surface area contributed by atoms with Crippen LogP contribution in [0.4, 0.5) is 5.69 Å². The van der Waals surface area contributed by atoms with Crippen LogP contribution in [-0.4, -0.2) is 35.4 Å².